The van der Waals surface area contributed by atoms with Gasteiger partial charge in [-0.2, -0.15) is 0 Å². The molecule has 0 heterocycles. The number of alkyl halides is 1. The third kappa shape index (κ3) is 3.54. The summed E-state index contributed by atoms with van der Waals surface area (Å²) in [6, 6.07) is 8.96. The van der Waals surface area contributed by atoms with Gasteiger partial charge in [-0.05, 0) is 24.3 Å². The van der Waals surface area contributed by atoms with Gasteiger partial charge in [0.15, 0.2) is 0 Å². The van der Waals surface area contributed by atoms with Crippen LogP contribution in [0.15, 0.2) is 36.4 Å². The topological polar surface area (TPSA) is 52.4 Å². The number of ether oxygens (including phenoxy) is 1. The first-order chi connectivity index (χ1) is 9.49. The van der Waals surface area contributed by atoms with Crippen molar-refractivity contribution in [2.45, 2.75) is 5.88 Å². The summed E-state index contributed by atoms with van der Waals surface area (Å²) in [5.41, 5.74) is 0.467. The van der Waals surface area contributed by atoms with Crippen molar-refractivity contribution in [1.29, 1.82) is 0 Å². The number of hydrogen-bond acceptors (Lipinski definition) is 3. The highest BCUT2D eigenvalue weighted by Gasteiger charge is 2.12. The van der Waals surface area contributed by atoms with Crippen LogP contribution in [0.1, 0.15) is 5.56 Å². The van der Waals surface area contributed by atoms with E-state index in [2.05, 4.69) is 0 Å². The van der Waals surface area contributed by atoms with Crippen molar-refractivity contribution in [2.24, 2.45) is 0 Å². The molecule has 0 radical (unpaired) electrons. The summed E-state index contributed by atoms with van der Waals surface area (Å²) in [5, 5.41) is 11.6. The van der Waals surface area contributed by atoms with Crippen molar-refractivity contribution >= 4 is 40.5 Å². The van der Waals surface area contributed by atoms with Gasteiger partial charge >= 0.3 is 0 Å². The van der Waals surface area contributed by atoms with E-state index in [0.29, 0.717) is 27.1 Å². The van der Waals surface area contributed by atoms with E-state index in [-0.39, 0.29) is 11.6 Å². The zero-order valence-electron chi connectivity index (χ0n) is 9.98. The van der Waals surface area contributed by atoms with Gasteiger partial charge < -0.3 is 4.74 Å². The lowest BCUT2D eigenvalue weighted by Crippen LogP contribution is -1.93. The Hall–Kier alpha value is -1.49. The highest BCUT2D eigenvalue weighted by molar-refractivity contribution is 6.34. The highest BCUT2D eigenvalue weighted by Crippen LogP contribution is 2.32. The van der Waals surface area contributed by atoms with Crippen LogP contribution in [0.25, 0.3) is 0 Å². The fourth-order valence-corrected chi connectivity index (χ4v) is 2.31. The molecular weight excluding hydrogens is 325 g/mol. The summed E-state index contributed by atoms with van der Waals surface area (Å²) >= 11 is 17.5. The molecule has 0 amide bonds. The molecule has 0 N–H and O–H groups in total. The predicted molar refractivity (Wildman–Crippen MR) is 79.2 cm³/mol. The van der Waals surface area contributed by atoms with E-state index < -0.39 is 4.92 Å². The van der Waals surface area contributed by atoms with Crippen LogP contribution in [-0.4, -0.2) is 4.92 Å². The Morgan fingerprint density at radius 1 is 1.10 bits per heavy atom. The molecule has 0 atom stereocenters. The van der Waals surface area contributed by atoms with E-state index in [1.807, 2.05) is 0 Å². The second kappa shape index (κ2) is 6.31. The lowest BCUT2D eigenvalue weighted by Gasteiger charge is -2.10. The van der Waals surface area contributed by atoms with Gasteiger partial charge in [0.1, 0.15) is 11.5 Å². The smallest absolute Gasteiger partial charge is 0.270 e. The molecule has 2 rings (SSSR count). The minimum absolute atomic E-state index is 0.0443. The first kappa shape index (κ1) is 14.9. The molecule has 7 heteroatoms. The lowest BCUT2D eigenvalue weighted by molar-refractivity contribution is -0.384. The van der Waals surface area contributed by atoms with Gasteiger partial charge in [-0.25, -0.2) is 0 Å². The zero-order valence-corrected chi connectivity index (χ0v) is 12.2. The fraction of sp³-hybridized carbons (Fsp3) is 0.0769. The molecular formula is C13H8Cl3NO3. The van der Waals surface area contributed by atoms with Crippen molar-refractivity contribution < 1.29 is 9.66 Å². The van der Waals surface area contributed by atoms with Crippen LogP contribution in [0.3, 0.4) is 0 Å². The first-order valence-corrected chi connectivity index (χ1v) is 6.76. The Balaban J connectivity index is 2.35. The van der Waals surface area contributed by atoms with Crippen LogP contribution in [0.4, 0.5) is 5.69 Å². The third-order valence-corrected chi connectivity index (χ3v) is 3.19. The Kier molecular flexibility index (Phi) is 4.70. The molecule has 2 aromatic carbocycles. The summed E-state index contributed by atoms with van der Waals surface area (Å²) in [5.74, 6) is 0.942. The van der Waals surface area contributed by atoms with Crippen LogP contribution in [-0.2, 0) is 5.88 Å². The molecule has 0 aromatic heterocycles. The normalized spacial score (nSPS) is 10.3. The van der Waals surface area contributed by atoms with Gasteiger partial charge in [0.2, 0.25) is 0 Å². The average molecular weight is 333 g/mol. The molecule has 4 nitrogen and oxygen atoms in total. The van der Waals surface area contributed by atoms with Crippen molar-refractivity contribution in [3.05, 3.63) is 62.1 Å². The minimum Gasteiger partial charge on any atom is -0.457 e. The maximum absolute atomic E-state index is 10.7. The minimum atomic E-state index is -0.490. The molecule has 0 aliphatic heterocycles. The van der Waals surface area contributed by atoms with Crippen LogP contribution < -0.4 is 4.74 Å². The van der Waals surface area contributed by atoms with Gasteiger partial charge in [0.05, 0.1) is 10.8 Å². The summed E-state index contributed by atoms with van der Waals surface area (Å²) in [7, 11) is 0. The Bertz CT molecular complexity index is 641. The second-order valence-corrected chi connectivity index (χ2v) is 5.03. The number of hydrogen-bond donors (Lipinski definition) is 0. The number of non-ortho nitro benzene ring substituents is 1. The average Bonchev–Trinajstić information content (AvgIpc) is 2.37. The maximum atomic E-state index is 10.7. The number of benzene rings is 2. The van der Waals surface area contributed by atoms with Crippen molar-refractivity contribution in [3.63, 3.8) is 0 Å². The quantitative estimate of drug-likeness (QED) is 0.426. The van der Waals surface area contributed by atoms with Crippen LogP contribution in [0, 0.1) is 10.1 Å². The molecule has 0 saturated carbocycles. The van der Waals surface area contributed by atoms with E-state index in [1.54, 1.807) is 18.2 Å². The second-order valence-electron chi connectivity index (χ2n) is 3.89. The molecule has 20 heavy (non-hydrogen) atoms. The number of nitrogens with zero attached hydrogens (tertiary/aromatic N) is 1. The van der Waals surface area contributed by atoms with Crippen LogP contribution in [0.5, 0.6) is 11.5 Å². The van der Waals surface area contributed by atoms with Gasteiger partial charge in [-0.1, -0.05) is 23.2 Å². The van der Waals surface area contributed by atoms with E-state index in [1.165, 1.54) is 18.2 Å². The molecule has 0 saturated heterocycles. The third-order valence-electron chi connectivity index (χ3n) is 2.46. The zero-order chi connectivity index (χ0) is 14.7. The van der Waals surface area contributed by atoms with Crippen molar-refractivity contribution in [1.82, 2.24) is 0 Å². The number of rotatable bonds is 4. The van der Waals surface area contributed by atoms with E-state index in [4.69, 9.17) is 39.5 Å². The SMILES string of the molecule is O=[N+]([O-])c1ccc(Oc2cc(Cl)cc(Cl)c2)c(CCl)c1. The monoisotopic (exact) mass is 331 g/mol. The first-order valence-electron chi connectivity index (χ1n) is 5.47. The largest absolute Gasteiger partial charge is 0.457 e. The Morgan fingerprint density at radius 3 is 2.30 bits per heavy atom. The lowest BCUT2D eigenvalue weighted by atomic mass is 10.2. The molecule has 0 unspecified atom stereocenters. The number of nitro groups is 1. The van der Waals surface area contributed by atoms with Crippen LogP contribution in [0.2, 0.25) is 10.0 Å². The standard InChI is InChI=1S/C13H8Cl3NO3/c14-7-8-3-11(17(18)19)1-2-13(8)20-12-5-9(15)4-10(16)6-12/h1-6H,7H2. The maximum Gasteiger partial charge on any atom is 0.270 e. The number of nitro benzene ring substituents is 1. The summed E-state index contributed by atoms with van der Waals surface area (Å²) in [4.78, 5) is 10.2. The van der Waals surface area contributed by atoms with Crippen molar-refractivity contribution in [3.8, 4) is 11.5 Å². The van der Waals surface area contributed by atoms with E-state index in [0.717, 1.165) is 0 Å². The Labute approximate surface area is 130 Å². The van der Waals surface area contributed by atoms with Crippen LogP contribution >= 0.6 is 34.8 Å². The molecule has 0 spiro atoms. The highest BCUT2D eigenvalue weighted by atomic mass is 35.5. The van der Waals surface area contributed by atoms with E-state index >= 15 is 0 Å². The van der Waals surface area contributed by atoms with Gasteiger partial charge in [0.25, 0.3) is 5.69 Å². The number of halogens is 3. The molecule has 0 aliphatic carbocycles. The molecule has 0 bridgehead atoms. The summed E-state index contributed by atoms with van der Waals surface area (Å²) in [6.07, 6.45) is 0. The fourth-order valence-electron chi connectivity index (χ4n) is 1.60. The molecule has 104 valence electrons. The van der Waals surface area contributed by atoms with Gasteiger partial charge in [0, 0.05) is 27.7 Å². The summed E-state index contributed by atoms with van der Waals surface area (Å²) < 4.78 is 5.62. The molecule has 0 fully saturated rings. The van der Waals surface area contributed by atoms with Gasteiger partial charge in [-0.15, -0.1) is 11.6 Å². The Morgan fingerprint density at radius 2 is 1.75 bits per heavy atom. The van der Waals surface area contributed by atoms with Gasteiger partial charge in [-0.3, -0.25) is 10.1 Å². The predicted octanol–water partition coefficient (Wildman–Crippen LogP) is 5.43. The van der Waals surface area contributed by atoms with Crippen molar-refractivity contribution in [2.75, 3.05) is 0 Å². The summed E-state index contributed by atoms with van der Waals surface area (Å²) in [6.45, 7) is 0. The molecule has 2 aromatic rings. The van der Waals surface area contributed by atoms with E-state index in [9.17, 15) is 10.1 Å². The molecule has 0 aliphatic rings.